The molecule has 0 spiro atoms. The first-order valence-corrected chi connectivity index (χ1v) is 8.23. The van der Waals surface area contributed by atoms with Gasteiger partial charge in [0.25, 0.3) is 0 Å². The van der Waals surface area contributed by atoms with Crippen molar-refractivity contribution in [2.24, 2.45) is 0 Å². The zero-order valence-electron chi connectivity index (χ0n) is 14.1. The van der Waals surface area contributed by atoms with Gasteiger partial charge >= 0.3 is 0 Å². The van der Waals surface area contributed by atoms with Gasteiger partial charge in [-0.05, 0) is 35.4 Å². The maximum absolute atomic E-state index is 4.73. The lowest BCUT2D eigenvalue weighted by atomic mass is 9.99. The van der Waals surface area contributed by atoms with Crippen molar-refractivity contribution in [3.8, 4) is 0 Å². The Balaban J connectivity index is 1.60. The van der Waals surface area contributed by atoms with Gasteiger partial charge < -0.3 is 0 Å². The number of aromatic nitrogens is 6. The Labute approximate surface area is 140 Å². The highest BCUT2D eigenvalue weighted by molar-refractivity contribution is 5.42. The quantitative estimate of drug-likeness (QED) is 0.579. The van der Waals surface area contributed by atoms with Crippen molar-refractivity contribution in [3.05, 3.63) is 59.9 Å². The molecule has 0 radical (unpaired) electrons. The fourth-order valence-electron chi connectivity index (χ4n) is 2.86. The van der Waals surface area contributed by atoms with Gasteiger partial charge in [0, 0.05) is 18.5 Å². The molecule has 0 saturated carbocycles. The van der Waals surface area contributed by atoms with Crippen molar-refractivity contribution in [2.45, 2.75) is 39.0 Å². The largest absolute Gasteiger partial charge is 0.237 e. The van der Waals surface area contributed by atoms with E-state index in [1.54, 1.807) is 6.20 Å². The van der Waals surface area contributed by atoms with Crippen LogP contribution in [0.2, 0.25) is 0 Å². The van der Waals surface area contributed by atoms with Gasteiger partial charge in [0.05, 0.1) is 24.3 Å². The smallest absolute Gasteiger partial charge is 0.154 e. The molecule has 4 rings (SSSR count). The third kappa shape index (κ3) is 2.64. The van der Waals surface area contributed by atoms with E-state index < -0.39 is 0 Å². The molecule has 1 unspecified atom stereocenters. The van der Waals surface area contributed by atoms with E-state index in [0.717, 1.165) is 29.0 Å². The predicted molar refractivity (Wildman–Crippen MR) is 92.2 cm³/mol. The number of nitrogens with zero attached hydrogens (tertiary/aromatic N) is 6. The normalized spacial score (nSPS) is 13.2. The number of hydrogen-bond acceptors (Lipinski definition) is 4. The molecule has 0 N–H and O–H groups in total. The predicted octanol–water partition coefficient (Wildman–Crippen LogP) is 3.24. The molecular formula is C18H20N6. The fourth-order valence-corrected chi connectivity index (χ4v) is 2.86. The molecule has 24 heavy (non-hydrogen) atoms. The van der Waals surface area contributed by atoms with Crippen LogP contribution in [0.1, 0.15) is 49.4 Å². The van der Waals surface area contributed by atoms with Gasteiger partial charge in [-0.1, -0.05) is 20.8 Å². The summed E-state index contributed by atoms with van der Waals surface area (Å²) in [5.41, 5.74) is 5.17. The minimum atomic E-state index is 0.306. The Hall–Kier alpha value is -2.76. The van der Waals surface area contributed by atoms with Gasteiger partial charge in [-0.2, -0.15) is 10.2 Å². The van der Waals surface area contributed by atoms with Crippen LogP contribution < -0.4 is 0 Å². The van der Waals surface area contributed by atoms with E-state index in [1.807, 2.05) is 39.9 Å². The SMILES string of the molecule is CC(C)c1cnn2cc(CC(C)c3cnc4ccnn4c3)nc2c1. The Morgan fingerprint density at radius 2 is 1.79 bits per heavy atom. The molecule has 0 aliphatic carbocycles. The summed E-state index contributed by atoms with van der Waals surface area (Å²) in [6, 6.07) is 4.01. The van der Waals surface area contributed by atoms with Crippen LogP contribution in [0.4, 0.5) is 0 Å². The third-order valence-electron chi connectivity index (χ3n) is 4.41. The topological polar surface area (TPSA) is 60.4 Å². The summed E-state index contributed by atoms with van der Waals surface area (Å²) in [5.74, 6) is 0.758. The molecule has 4 heterocycles. The summed E-state index contributed by atoms with van der Waals surface area (Å²) >= 11 is 0. The molecule has 0 fully saturated rings. The van der Waals surface area contributed by atoms with E-state index in [9.17, 15) is 0 Å². The van der Waals surface area contributed by atoms with Crippen LogP contribution >= 0.6 is 0 Å². The van der Waals surface area contributed by atoms with Crippen molar-refractivity contribution in [3.63, 3.8) is 0 Å². The van der Waals surface area contributed by atoms with E-state index in [2.05, 4.69) is 42.0 Å². The van der Waals surface area contributed by atoms with Gasteiger partial charge in [-0.3, -0.25) is 0 Å². The molecule has 4 aromatic rings. The minimum absolute atomic E-state index is 0.306. The first-order valence-electron chi connectivity index (χ1n) is 8.23. The van der Waals surface area contributed by atoms with E-state index in [1.165, 1.54) is 5.56 Å². The monoisotopic (exact) mass is 320 g/mol. The molecule has 0 saturated heterocycles. The first kappa shape index (κ1) is 14.8. The molecule has 122 valence electrons. The standard InChI is InChI=1S/C18H20N6/c1-12(2)14-7-18-22-16(11-24(18)21-9-14)6-13(3)15-8-19-17-4-5-20-23(17)10-15/h4-5,7-13H,6H2,1-3H3. The van der Waals surface area contributed by atoms with Gasteiger partial charge in [-0.25, -0.2) is 19.0 Å². The molecule has 0 aromatic carbocycles. The summed E-state index contributed by atoms with van der Waals surface area (Å²) in [7, 11) is 0. The highest BCUT2D eigenvalue weighted by Crippen LogP contribution is 2.21. The minimum Gasteiger partial charge on any atom is -0.237 e. The Morgan fingerprint density at radius 1 is 0.958 bits per heavy atom. The van der Waals surface area contributed by atoms with Crippen LogP contribution in [0, 0.1) is 0 Å². The molecule has 6 heteroatoms. The van der Waals surface area contributed by atoms with Crippen molar-refractivity contribution < 1.29 is 0 Å². The summed E-state index contributed by atoms with van der Waals surface area (Å²) in [6.45, 7) is 6.51. The molecule has 4 aromatic heterocycles. The second kappa shape index (κ2) is 5.70. The molecule has 0 bridgehead atoms. The lowest BCUT2D eigenvalue weighted by Crippen LogP contribution is -2.02. The Kier molecular flexibility index (Phi) is 3.52. The van der Waals surface area contributed by atoms with Crippen LogP contribution in [0.3, 0.4) is 0 Å². The highest BCUT2D eigenvalue weighted by atomic mass is 15.2. The molecule has 1 atom stereocenters. The van der Waals surface area contributed by atoms with Crippen LogP contribution in [0.5, 0.6) is 0 Å². The van der Waals surface area contributed by atoms with Gasteiger partial charge in [0.2, 0.25) is 0 Å². The number of rotatable bonds is 4. The maximum Gasteiger partial charge on any atom is 0.154 e. The average Bonchev–Trinajstić information content (AvgIpc) is 3.18. The first-order chi connectivity index (χ1) is 11.6. The third-order valence-corrected chi connectivity index (χ3v) is 4.41. The van der Waals surface area contributed by atoms with Crippen molar-refractivity contribution in [1.29, 1.82) is 0 Å². The number of fused-ring (bicyclic) bond motifs is 2. The second-order valence-corrected chi connectivity index (χ2v) is 6.61. The van der Waals surface area contributed by atoms with Crippen LogP contribution in [-0.2, 0) is 6.42 Å². The van der Waals surface area contributed by atoms with Crippen LogP contribution in [0.25, 0.3) is 11.3 Å². The molecule has 0 aliphatic rings. The summed E-state index contributed by atoms with van der Waals surface area (Å²) in [5, 5.41) is 8.72. The van der Waals surface area contributed by atoms with Gasteiger partial charge in [0.1, 0.15) is 0 Å². The second-order valence-electron chi connectivity index (χ2n) is 6.61. The van der Waals surface area contributed by atoms with E-state index in [-0.39, 0.29) is 0 Å². The lowest BCUT2D eigenvalue weighted by molar-refractivity contribution is 0.727. The van der Waals surface area contributed by atoms with Crippen molar-refractivity contribution >= 4 is 11.3 Å². The fraction of sp³-hybridized carbons (Fsp3) is 0.333. The number of imidazole rings is 1. The summed E-state index contributed by atoms with van der Waals surface area (Å²) in [4.78, 5) is 9.17. The highest BCUT2D eigenvalue weighted by Gasteiger charge is 2.12. The van der Waals surface area contributed by atoms with E-state index in [0.29, 0.717) is 11.8 Å². The van der Waals surface area contributed by atoms with E-state index in [4.69, 9.17) is 4.98 Å². The Bertz CT molecular complexity index is 997. The molecular weight excluding hydrogens is 300 g/mol. The summed E-state index contributed by atoms with van der Waals surface area (Å²) < 4.78 is 3.66. The van der Waals surface area contributed by atoms with Crippen molar-refractivity contribution in [1.82, 2.24) is 29.2 Å². The zero-order valence-corrected chi connectivity index (χ0v) is 14.1. The molecule has 0 aliphatic heterocycles. The molecule has 0 amide bonds. The van der Waals surface area contributed by atoms with Gasteiger partial charge in [-0.15, -0.1) is 0 Å². The maximum atomic E-state index is 4.73. The lowest BCUT2D eigenvalue weighted by Gasteiger charge is -2.09. The average molecular weight is 320 g/mol. The van der Waals surface area contributed by atoms with E-state index >= 15 is 0 Å². The van der Waals surface area contributed by atoms with Crippen LogP contribution in [-0.4, -0.2) is 29.2 Å². The molecule has 6 nitrogen and oxygen atoms in total. The van der Waals surface area contributed by atoms with Crippen LogP contribution in [0.15, 0.2) is 43.1 Å². The zero-order chi connectivity index (χ0) is 16.7. The van der Waals surface area contributed by atoms with Crippen molar-refractivity contribution in [2.75, 3.05) is 0 Å². The number of hydrogen-bond donors (Lipinski definition) is 0. The summed E-state index contributed by atoms with van der Waals surface area (Å²) in [6.07, 6.45) is 10.5. The van der Waals surface area contributed by atoms with Gasteiger partial charge in [0.15, 0.2) is 11.3 Å². The Morgan fingerprint density at radius 3 is 2.62 bits per heavy atom.